The van der Waals surface area contributed by atoms with Gasteiger partial charge >= 0.3 is 0 Å². The van der Waals surface area contributed by atoms with E-state index in [0.29, 0.717) is 41.6 Å². The molecule has 0 aliphatic carbocycles. The van der Waals surface area contributed by atoms with E-state index in [-0.39, 0.29) is 5.75 Å². The number of nitrogens with one attached hydrogen (secondary N) is 1. The van der Waals surface area contributed by atoms with Gasteiger partial charge in [-0.05, 0) is 61.5 Å². The Bertz CT molecular complexity index is 1700. The lowest BCUT2D eigenvalue weighted by Crippen LogP contribution is -2.28. The van der Waals surface area contributed by atoms with E-state index in [1.807, 2.05) is 74.5 Å². The third kappa shape index (κ3) is 5.56. The Morgan fingerprint density at radius 3 is 2.59 bits per heavy atom. The van der Waals surface area contributed by atoms with Crippen LogP contribution in [0.2, 0.25) is 0 Å². The summed E-state index contributed by atoms with van der Waals surface area (Å²) in [6.45, 7) is 5.83. The van der Waals surface area contributed by atoms with E-state index in [1.165, 1.54) is 0 Å². The minimum absolute atomic E-state index is 0.162. The highest BCUT2D eigenvalue weighted by atomic mass is 19.1. The van der Waals surface area contributed by atoms with Gasteiger partial charge in [-0.25, -0.2) is 14.4 Å². The number of aromatic nitrogens is 3. The molecule has 0 saturated carbocycles. The van der Waals surface area contributed by atoms with Crippen molar-refractivity contribution in [2.75, 3.05) is 17.7 Å². The number of nitrogen functional groups attached to an aromatic ring is 1. The molecule has 210 valence electrons. The van der Waals surface area contributed by atoms with Gasteiger partial charge in [-0.1, -0.05) is 43.3 Å². The Morgan fingerprint density at radius 2 is 1.88 bits per heavy atom. The molecular formula is C32H33FN6O2. The van der Waals surface area contributed by atoms with Gasteiger partial charge in [-0.2, -0.15) is 0 Å². The summed E-state index contributed by atoms with van der Waals surface area (Å²) in [5.74, 6) is -0.0202. The molecule has 9 heteroatoms. The summed E-state index contributed by atoms with van der Waals surface area (Å²) in [6, 6.07) is 19.1. The summed E-state index contributed by atoms with van der Waals surface area (Å²) in [5.41, 5.74) is 15.3. The topological polar surface area (TPSA) is 121 Å². The number of nitrogens with zero attached hydrogens (tertiary/aromatic N) is 3. The molecular weight excluding hydrogens is 519 g/mol. The van der Waals surface area contributed by atoms with E-state index in [9.17, 15) is 4.79 Å². The van der Waals surface area contributed by atoms with Crippen molar-refractivity contribution in [3.63, 3.8) is 0 Å². The third-order valence-electron chi connectivity index (χ3n) is 7.17. The smallest absolute Gasteiger partial charge is 0.240 e. The number of pyridine rings is 1. The maximum atomic E-state index is 16.2. The van der Waals surface area contributed by atoms with Crippen molar-refractivity contribution in [1.82, 2.24) is 14.5 Å². The molecule has 0 spiro atoms. The molecule has 2 heterocycles. The summed E-state index contributed by atoms with van der Waals surface area (Å²) in [5, 5.41) is 5.17. The van der Waals surface area contributed by atoms with Gasteiger partial charge in [-0.3, -0.25) is 4.79 Å². The van der Waals surface area contributed by atoms with E-state index in [0.717, 1.165) is 21.9 Å². The summed E-state index contributed by atoms with van der Waals surface area (Å²) >= 11 is 0. The van der Waals surface area contributed by atoms with Crippen LogP contribution in [0.4, 0.5) is 15.9 Å². The van der Waals surface area contributed by atoms with Crippen LogP contribution in [0.5, 0.6) is 5.75 Å². The molecule has 2 atom stereocenters. The lowest BCUT2D eigenvalue weighted by Gasteiger charge is -2.25. The zero-order valence-electron chi connectivity index (χ0n) is 23.3. The average Bonchev–Trinajstić information content (AvgIpc) is 3.42. The monoisotopic (exact) mass is 552 g/mol. The Hall–Kier alpha value is -4.92. The van der Waals surface area contributed by atoms with Crippen LogP contribution in [0.25, 0.3) is 22.0 Å². The normalized spacial score (nSPS) is 12.7. The van der Waals surface area contributed by atoms with Crippen LogP contribution in [0.1, 0.15) is 49.8 Å². The number of nitrogens with two attached hydrogens (primary N) is 2. The molecule has 0 fully saturated rings. The zero-order valence-corrected chi connectivity index (χ0v) is 23.3. The van der Waals surface area contributed by atoms with Crippen molar-refractivity contribution < 1.29 is 13.9 Å². The lowest BCUT2D eigenvalue weighted by molar-refractivity contribution is -0.120. The number of amides is 1. The molecule has 0 aliphatic heterocycles. The fourth-order valence-electron chi connectivity index (χ4n) is 4.91. The minimum Gasteiger partial charge on any atom is -0.491 e. The second kappa shape index (κ2) is 11.7. The van der Waals surface area contributed by atoms with E-state index < -0.39 is 23.8 Å². The molecule has 41 heavy (non-hydrogen) atoms. The average molecular weight is 553 g/mol. The maximum absolute atomic E-state index is 16.2. The van der Waals surface area contributed by atoms with Crippen LogP contribution < -0.4 is 21.5 Å². The number of hydrogen-bond donors (Lipinski definition) is 3. The number of hydrogen-bond acceptors (Lipinski definition) is 6. The second-order valence-electron chi connectivity index (χ2n) is 9.83. The van der Waals surface area contributed by atoms with Crippen molar-refractivity contribution in [3.8, 4) is 17.0 Å². The van der Waals surface area contributed by atoms with Gasteiger partial charge in [0, 0.05) is 34.6 Å². The number of carbonyl (C=O) groups is 1. The van der Waals surface area contributed by atoms with E-state index in [1.54, 1.807) is 30.0 Å². The quantitative estimate of drug-likeness (QED) is 0.195. The van der Waals surface area contributed by atoms with Gasteiger partial charge in [0.1, 0.15) is 23.7 Å². The Balaban J connectivity index is 1.74. The van der Waals surface area contributed by atoms with Crippen LogP contribution in [-0.4, -0.2) is 27.0 Å². The summed E-state index contributed by atoms with van der Waals surface area (Å²) in [7, 11) is 0. The highest BCUT2D eigenvalue weighted by Crippen LogP contribution is 2.36. The first-order valence-electron chi connectivity index (χ1n) is 13.6. The molecule has 0 radical (unpaired) electrons. The highest BCUT2D eigenvalue weighted by molar-refractivity contribution is 5.93. The summed E-state index contributed by atoms with van der Waals surface area (Å²) in [6.07, 6.45) is 4.10. The highest BCUT2D eigenvalue weighted by Gasteiger charge is 2.29. The third-order valence-corrected chi connectivity index (χ3v) is 7.17. The number of aryl methyl sites for hydroxylation is 1. The van der Waals surface area contributed by atoms with E-state index >= 15 is 4.39 Å². The van der Waals surface area contributed by atoms with Crippen LogP contribution in [-0.2, 0) is 11.2 Å². The van der Waals surface area contributed by atoms with Gasteiger partial charge in [-0.15, -0.1) is 0 Å². The first-order valence-corrected chi connectivity index (χ1v) is 13.6. The first kappa shape index (κ1) is 27.6. The van der Waals surface area contributed by atoms with Gasteiger partial charge < -0.3 is 26.1 Å². The number of anilines is 2. The van der Waals surface area contributed by atoms with Crippen molar-refractivity contribution in [3.05, 3.63) is 102 Å². The number of rotatable bonds is 10. The number of imidazole rings is 1. The van der Waals surface area contributed by atoms with Crippen LogP contribution in [0.15, 0.2) is 79.1 Å². The number of ether oxygens (including phenoxy) is 1. The van der Waals surface area contributed by atoms with Gasteiger partial charge in [0.25, 0.3) is 0 Å². The standard InChI is InChI=1S/C32H33FN6O2/c1-4-20-15-25(28(33)27(16-20)41-5-2)29(37-23-11-12-24-22(17-23)13-14-36-30(24)34)32-38-26(21-9-7-6-8-10-21)18-39(32)19(3)31(35)40/h6-19,29,37H,4-5H2,1-3H3,(H2,34,36)(H2,35,40). The van der Waals surface area contributed by atoms with E-state index in [2.05, 4.69) is 10.3 Å². The molecule has 2 unspecified atom stereocenters. The molecule has 0 aliphatic rings. The van der Waals surface area contributed by atoms with Crippen LogP contribution >= 0.6 is 0 Å². The van der Waals surface area contributed by atoms with Crippen molar-refractivity contribution in [1.29, 1.82) is 0 Å². The van der Waals surface area contributed by atoms with E-state index in [4.69, 9.17) is 21.2 Å². The lowest BCUT2D eigenvalue weighted by atomic mass is 9.99. The molecule has 2 aromatic heterocycles. The Kier molecular flexibility index (Phi) is 7.87. The van der Waals surface area contributed by atoms with Crippen molar-refractivity contribution in [2.24, 2.45) is 5.73 Å². The first-order chi connectivity index (χ1) is 19.8. The molecule has 0 saturated heterocycles. The molecule has 5 aromatic rings. The molecule has 3 aromatic carbocycles. The predicted molar refractivity (Wildman–Crippen MR) is 160 cm³/mol. The van der Waals surface area contributed by atoms with Gasteiger partial charge in [0.15, 0.2) is 11.6 Å². The SMILES string of the molecule is CCOc1cc(CC)cc(C(Nc2ccc3c(N)nccc3c2)c2nc(-c3ccccc3)cn2C(C)C(N)=O)c1F. The molecule has 0 bridgehead atoms. The number of fused-ring (bicyclic) bond motifs is 1. The Morgan fingerprint density at radius 1 is 1.10 bits per heavy atom. The Labute approximate surface area is 238 Å². The van der Waals surface area contributed by atoms with Crippen molar-refractivity contribution >= 4 is 28.2 Å². The summed E-state index contributed by atoms with van der Waals surface area (Å²) in [4.78, 5) is 21.6. The number of benzene rings is 3. The van der Waals surface area contributed by atoms with Gasteiger partial charge in [0.05, 0.1) is 12.3 Å². The van der Waals surface area contributed by atoms with Crippen LogP contribution in [0.3, 0.4) is 0 Å². The van der Waals surface area contributed by atoms with Crippen molar-refractivity contribution in [2.45, 2.75) is 39.3 Å². The van der Waals surface area contributed by atoms with Crippen LogP contribution in [0, 0.1) is 5.82 Å². The second-order valence-corrected chi connectivity index (χ2v) is 9.83. The van der Waals surface area contributed by atoms with Gasteiger partial charge in [0.2, 0.25) is 5.91 Å². The fourth-order valence-corrected chi connectivity index (χ4v) is 4.91. The molecule has 5 N–H and O–H groups in total. The fraction of sp³-hybridized carbons (Fsp3) is 0.219. The number of primary amides is 1. The number of carbonyl (C=O) groups excluding carboxylic acids is 1. The molecule has 1 amide bonds. The number of halogens is 1. The molecule has 8 nitrogen and oxygen atoms in total. The maximum Gasteiger partial charge on any atom is 0.240 e. The summed E-state index contributed by atoms with van der Waals surface area (Å²) < 4.78 is 23.6. The predicted octanol–water partition coefficient (Wildman–Crippen LogP) is 6.03. The molecule has 5 rings (SSSR count). The largest absolute Gasteiger partial charge is 0.491 e. The zero-order chi connectivity index (χ0) is 29.1. The minimum atomic E-state index is -0.809.